The first-order valence-electron chi connectivity index (χ1n) is 5.14. The summed E-state index contributed by atoms with van der Waals surface area (Å²) in [6.45, 7) is 3.03. The number of hydrogen-bond acceptors (Lipinski definition) is 3. The molecule has 1 atom stereocenters. The fourth-order valence-corrected chi connectivity index (χ4v) is 1.95. The number of halogens is 1. The fraction of sp³-hybridized carbons (Fsp3) is 0.417. The fourth-order valence-electron chi connectivity index (χ4n) is 1.59. The van der Waals surface area contributed by atoms with Crippen molar-refractivity contribution < 1.29 is 0 Å². The zero-order chi connectivity index (χ0) is 12.1. The predicted octanol–water partition coefficient (Wildman–Crippen LogP) is 2.68. The first kappa shape index (κ1) is 13.0. The van der Waals surface area contributed by atoms with E-state index in [9.17, 15) is 0 Å². The van der Waals surface area contributed by atoms with Gasteiger partial charge in [0, 0.05) is 17.1 Å². The first-order chi connectivity index (χ1) is 7.52. The van der Waals surface area contributed by atoms with Crippen LogP contribution in [0.3, 0.4) is 0 Å². The van der Waals surface area contributed by atoms with E-state index in [2.05, 4.69) is 39.1 Å². The molecule has 0 heterocycles. The van der Waals surface area contributed by atoms with Gasteiger partial charge >= 0.3 is 0 Å². The molecule has 0 saturated heterocycles. The average Bonchev–Trinajstić information content (AvgIpc) is 2.19. The highest BCUT2D eigenvalue weighted by molar-refractivity contribution is 9.10. The minimum atomic E-state index is 0.309. The highest BCUT2D eigenvalue weighted by Crippen LogP contribution is 2.20. The van der Waals surface area contributed by atoms with Crippen molar-refractivity contribution >= 4 is 21.6 Å². The van der Waals surface area contributed by atoms with Gasteiger partial charge in [-0.3, -0.25) is 0 Å². The van der Waals surface area contributed by atoms with Gasteiger partial charge in [-0.15, -0.1) is 0 Å². The van der Waals surface area contributed by atoms with Crippen LogP contribution in [-0.2, 0) is 0 Å². The van der Waals surface area contributed by atoms with Crippen LogP contribution in [0.25, 0.3) is 0 Å². The minimum Gasteiger partial charge on any atom is -0.380 e. The smallest absolute Gasteiger partial charge is 0.101 e. The molecule has 1 rings (SSSR count). The standard InChI is InChI=1S/C12H16BrN3/c1-9(8-16(2)3)15-12-5-4-11(13)6-10(12)7-14/h4-6,9,15H,8H2,1-3H3. The molecule has 1 aromatic rings. The van der Waals surface area contributed by atoms with Gasteiger partial charge in [-0.25, -0.2) is 0 Å². The summed E-state index contributed by atoms with van der Waals surface area (Å²) in [6, 6.07) is 8.18. The van der Waals surface area contributed by atoms with E-state index in [-0.39, 0.29) is 0 Å². The minimum absolute atomic E-state index is 0.309. The molecule has 0 aliphatic carbocycles. The summed E-state index contributed by atoms with van der Waals surface area (Å²) in [5, 5.41) is 12.4. The molecule has 1 N–H and O–H groups in total. The van der Waals surface area contributed by atoms with Crippen molar-refractivity contribution in [3.8, 4) is 6.07 Å². The Hall–Kier alpha value is -1.05. The van der Waals surface area contributed by atoms with Crippen molar-refractivity contribution in [2.24, 2.45) is 0 Å². The Kier molecular flexibility index (Phi) is 4.78. The third-order valence-electron chi connectivity index (χ3n) is 2.14. The summed E-state index contributed by atoms with van der Waals surface area (Å²) in [7, 11) is 4.07. The van der Waals surface area contributed by atoms with Crippen LogP contribution in [0.4, 0.5) is 5.69 Å². The SMILES string of the molecule is CC(CN(C)C)Nc1ccc(Br)cc1C#N. The molecular weight excluding hydrogens is 266 g/mol. The Morgan fingerprint density at radius 2 is 2.19 bits per heavy atom. The zero-order valence-corrected chi connectivity index (χ0v) is 11.4. The Labute approximate surface area is 105 Å². The van der Waals surface area contributed by atoms with E-state index in [0.29, 0.717) is 11.6 Å². The number of anilines is 1. The lowest BCUT2D eigenvalue weighted by atomic mass is 10.2. The largest absolute Gasteiger partial charge is 0.380 e. The molecule has 0 amide bonds. The molecule has 0 fully saturated rings. The molecule has 1 unspecified atom stereocenters. The summed E-state index contributed by atoms with van der Waals surface area (Å²) < 4.78 is 0.926. The second-order valence-corrected chi connectivity index (χ2v) is 5.03. The third-order valence-corrected chi connectivity index (χ3v) is 2.64. The van der Waals surface area contributed by atoms with Crippen LogP contribution in [0, 0.1) is 11.3 Å². The van der Waals surface area contributed by atoms with E-state index in [0.717, 1.165) is 16.7 Å². The second kappa shape index (κ2) is 5.88. The topological polar surface area (TPSA) is 39.1 Å². The van der Waals surface area contributed by atoms with Crippen LogP contribution < -0.4 is 5.32 Å². The Bertz CT molecular complexity index is 396. The highest BCUT2D eigenvalue weighted by Gasteiger charge is 2.07. The predicted molar refractivity (Wildman–Crippen MR) is 70.5 cm³/mol. The summed E-state index contributed by atoms with van der Waals surface area (Å²) in [6.07, 6.45) is 0. The van der Waals surface area contributed by atoms with Gasteiger partial charge in [0.2, 0.25) is 0 Å². The van der Waals surface area contributed by atoms with E-state index in [1.165, 1.54) is 0 Å². The molecule has 0 aromatic heterocycles. The molecule has 0 saturated carbocycles. The molecule has 3 nitrogen and oxygen atoms in total. The maximum Gasteiger partial charge on any atom is 0.101 e. The lowest BCUT2D eigenvalue weighted by Crippen LogP contribution is -2.29. The molecular formula is C12H16BrN3. The van der Waals surface area contributed by atoms with Crippen molar-refractivity contribution in [1.82, 2.24) is 4.90 Å². The summed E-state index contributed by atoms with van der Waals surface area (Å²) >= 11 is 3.36. The Morgan fingerprint density at radius 1 is 1.50 bits per heavy atom. The normalized spacial score (nSPS) is 12.2. The van der Waals surface area contributed by atoms with Crippen LogP contribution in [0.2, 0.25) is 0 Å². The summed E-state index contributed by atoms with van der Waals surface area (Å²) in [5.74, 6) is 0. The monoisotopic (exact) mass is 281 g/mol. The van der Waals surface area contributed by atoms with E-state index in [1.54, 1.807) is 0 Å². The van der Waals surface area contributed by atoms with E-state index < -0.39 is 0 Å². The van der Waals surface area contributed by atoms with Crippen molar-refractivity contribution in [3.63, 3.8) is 0 Å². The van der Waals surface area contributed by atoms with Crippen molar-refractivity contribution in [3.05, 3.63) is 28.2 Å². The molecule has 16 heavy (non-hydrogen) atoms. The van der Waals surface area contributed by atoms with Crippen molar-refractivity contribution in [1.29, 1.82) is 5.26 Å². The number of rotatable bonds is 4. The van der Waals surface area contributed by atoms with Gasteiger partial charge in [-0.05, 0) is 39.2 Å². The molecule has 0 radical (unpaired) electrons. The second-order valence-electron chi connectivity index (χ2n) is 4.11. The maximum absolute atomic E-state index is 9.02. The van der Waals surface area contributed by atoms with Gasteiger partial charge < -0.3 is 10.2 Å². The van der Waals surface area contributed by atoms with E-state index in [1.807, 2.05) is 32.3 Å². The number of nitriles is 1. The van der Waals surface area contributed by atoms with Crippen LogP contribution >= 0.6 is 15.9 Å². The zero-order valence-electron chi connectivity index (χ0n) is 9.79. The molecule has 0 aliphatic rings. The number of hydrogen-bond donors (Lipinski definition) is 1. The van der Waals surface area contributed by atoms with Gasteiger partial charge in [0.15, 0.2) is 0 Å². The quantitative estimate of drug-likeness (QED) is 0.922. The lowest BCUT2D eigenvalue weighted by Gasteiger charge is -2.20. The van der Waals surface area contributed by atoms with Crippen LogP contribution in [0.1, 0.15) is 12.5 Å². The van der Waals surface area contributed by atoms with Crippen molar-refractivity contribution in [2.75, 3.05) is 26.0 Å². The number of likely N-dealkylation sites (N-methyl/N-ethyl adjacent to an activating group) is 1. The summed E-state index contributed by atoms with van der Waals surface area (Å²) in [4.78, 5) is 2.11. The molecule has 86 valence electrons. The van der Waals surface area contributed by atoms with E-state index >= 15 is 0 Å². The Balaban J connectivity index is 2.77. The molecule has 4 heteroatoms. The number of nitrogens with zero attached hydrogens (tertiary/aromatic N) is 2. The Morgan fingerprint density at radius 3 is 2.75 bits per heavy atom. The van der Waals surface area contributed by atoms with Gasteiger partial charge in [-0.1, -0.05) is 15.9 Å². The molecule has 0 spiro atoms. The maximum atomic E-state index is 9.02. The number of nitrogens with one attached hydrogen (secondary N) is 1. The van der Waals surface area contributed by atoms with Gasteiger partial charge in [0.25, 0.3) is 0 Å². The highest BCUT2D eigenvalue weighted by atomic mass is 79.9. The van der Waals surface area contributed by atoms with Crippen LogP contribution in [-0.4, -0.2) is 31.6 Å². The first-order valence-corrected chi connectivity index (χ1v) is 5.93. The van der Waals surface area contributed by atoms with Crippen molar-refractivity contribution in [2.45, 2.75) is 13.0 Å². The van der Waals surface area contributed by atoms with Crippen LogP contribution in [0.5, 0.6) is 0 Å². The van der Waals surface area contributed by atoms with Gasteiger partial charge in [-0.2, -0.15) is 5.26 Å². The molecule has 0 aliphatic heterocycles. The molecule has 1 aromatic carbocycles. The van der Waals surface area contributed by atoms with Gasteiger partial charge in [0.1, 0.15) is 6.07 Å². The third kappa shape index (κ3) is 3.84. The van der Waals surface area contributed by atoms with Gasteiger partial charge in [0.05, 0.1) is 11.3 Å². The molecule has 0 bridgehead atoms. The van der Waals surface area contributed by atoms with Crippen LogP contribution in [0.15, 0.2) is 22.7 Å². The lowest BCUT2D eigenvalue weighted by molar-refractivity contribution is 0.392. The average molecular weight is 282 g/mol. The summed E-state index contributed by atoms with van der Waals surface area (Å²) in [5.41, 5.74) is 1.56. The number of benzene rings is 1. The van der Waals surface area contributed by atoms with E-state index in [4.69, 9.17) is 5.26 Å².